The van der Waals surface area contributed by atoms with Gasteiger partial charge in [-0.3, -0.25) is 4.79 Å². The second-order valence-corrected chi connectivity index (χ2v) is 5.42. The van der Waals surface area contributed by atoms with Crippen molar-refractivity contribution in [2.75, 3.05) is 37.6 Å². The highest BCUT2D eigenvalue weighted by Crippen LogP contribution is 2.17. The van der Waals surface area contributed by atoms with E-state index >= 15 is 0 Å². The molecule has 1 unspecified atom stereocenters. The first-order chi connectivity index (χ1) is 9.74. The molecule has 0 aliphatic carbocycles. The van der Waals surface area contributed by atoms with Crippen molar-refractivity contribution in [3.05, 3.63) is 30.3 Å². The second kappa shape index (κ2) is 7.29. The number of hydrogen-bond acceptors (Lipinski definition) is 3. The number of para-hydroxylation sites is 1. The molecule has 0 saturated carbocycles. The molecule has 1 aromatic carbocycles. The molecule has 1 atom stereocenters. The van der Waals surface area contributed by atoms with Crippen LogP contribution < -0.4 is 10.6 Å². The Morgan fingerprint density at radius 2 is 1.85 bits per heavy atom. The average molecular weight is 275 g/mol. The third kappa shape index (κ3) is 3.73. The maximum absolute atomic E-state index is 12.2. The summed E-state index contributed by atoms with van der Waals surface area (Å²) in [6, 6.07) is 10.4. The summed E-state index contributed by atoms with van der Waals surface area (Å²) in [5.41, 5.74) is 6.92. The fourth-order valence-electron chi connectivity index (χ4n) is 2.62. The normalized spacial score (nSPS) is 17.1. The fraction of sp³-hybridized carbons (Fsp3) is 0.562. The van der Waals surface area contributed by atoms with E-state index in [0.717, 1.165) is 32.6 Å². The molecule has 0 bridgehead atoms. The number of anilines is 1. The van der Waals surface area contributed by atoms with E-state index in [-0.39, 0.29) is 5.91 Å². The van der Waals surface area contributed by atoms with E-state index < -0.39 is 0 Å². The third-order valence-corrected chi connectivity index (χ3v) is 4.13. The lowest BCUT2D eigenvalue weighted by atomic mass is 10.0. The summed E-state index contributed by atoms with van der Waals surface area (Å²) in [7, 11) is 0. The van der Waals surface area contributed by atoms with Crippen molar-refractivity contribution in [2.24, 2.45) is 11.7 Å². The molecule has 1 aliphatic heterocycles. The van der Waals surface area contributed by atoms with Gasteiger partial charge in [0.05, 0.1) is 0 Å². The molecule has 110 valence electrons. The third-order valence-electron chi connectivity index (χ3n) is 4.13. The van der Waals surface area contributed by atoms with Gasteiger partial charge >= 0.3 is 0 Å². The lowest BCUT2D eigenvalue weighted by Crippen LogP contribution is -2.49. The van der Waals surface area contributed by atoms with Gasteiger partial charge in [0.1, 0.15) is 0 Å². The van der Waals surface area contributed by atoms with Crippen molar-refractivity contribution in [3.8, 4) is 0 Å². The highest BCUT2D eigenvalue weighted by molar-refractivity contribution is 5.76. The van der Waals surface area contributed by atoms with Gasteiger partial charge in [0, 0.05) is 38.3 Å². The van der Waals surface area contributed by atoms with Gasteiger partial charge in [0.2, 0.25) is 5.91 Å². The standard InChI is InChI=1S/C16H25N3O/c1-2-14(13-17)12-16(20)19-10-8-18(9-11-19)15-6-4-3-5-7-15/h3-7,14H,2,8-13,17H2,1H3. The molecule has 4 heteroatoms. The van der Waals surface area contributed by atoms with Crippen LogP contribution in [0.1, 0.15) is 19.8 Å². The Balaban J connectivity index is 1.83. The van der Waals surface area contributed by atoms with Gasteiger partial charge < -0.3 is 15.5 Å². The maximum Gasteiger partial charge on any atom is 0.223 e. The van der Waals surface area contributed by atoms with Gasteiger partial charge in [-0.25, -0.2) is 0 Å². The molecule has 2 N–H and O–H groups in total. The zero-order valence-corrected chi connectivity index (χ0v) is 12.3. The van der Waals surface area contributed by atoms with Gasteiger partial charge in [-0.2, -0.15) is 0 Å². The molecule has 0 aromatic heterocycles. The van der Waals surface area contributed by atoms with Crippen molar-refractivity contribution in [3.63, 3.8) is 0 Å². The van der Waals surface area contributed by atoms with Crippen LogP contribution in [0.3, 0.4) is 0 Å². The summed E-state index contributed by atoms with van der Waals surface area (Å²) < 4.78 is 0. The zero-order chi connectivity index (χ0) is 14.4. The quantitative estimate of drug-likeness (QED) is 0.890. The van der Waals surface area contributed by atoms with Crippen molar-refractivity contribution in [2.45, 2.75) is 19.8 Å². The van der Waals surface area contributed by atoms with Crippen LogP contribution in [-0.2, 0) is 4.79 Å². The highest BCUT2D eigenvalue weighted by atomic mass is 16.2. The monoisotopic (exact) mass is 275 g/mol. The smallest absolute Gasteiger partial charge is 0.223 e. The van der Waals surface area contributed by atoms with Crippen LogP contribution >= 0.6 is 0 Å². The molecule has 1 saturated heterocycles. The van der Waals surface area contributed by atoms with E-state index in [1.807, 2.05) is 11.0 Å². The number of carbonyl (C=O) groups is 1. The van der Waals surface area contributed by atoms with Crippen molar-refractivity contribution < 1.29 is 4.79 Å². The summed E-state index contributed by atoms with van der Waals surface area (Å²) in [6.45, 7) is 6.15. The Labute approximate surface area is 121 Å². The van der Waals surface area contributed by atoms with Crippen molar-refractivity contribution in [1.29, 1.82) is 0 Å². The number of rotatable bonds is 5. The minimum Gasteiger partial charge on any atom is -0.368 e. The SMILES string of the molecule is CCC(CN)CC(=O)N1CCN(c2ccccc2)CC1. The second-order valence-electron chi connectivity index (χ2n) is 5.42. The van der Waals surface area contributed by atoms with Crippen LogP contribution in [-0.4, -0.2) is 43.5 Å². The summed E-state index contributed by atoms with van der Waals surface area (Å²) in [4.78, 5) is 16.5. The molecular formula is C16H25N3O. The molecule has 2 rings (SSSR count). The van der Waals surface area contributed by atoms with Gasteiger partial charge in [-0.05, 0) is 24.6 Å². The molecule has 1 aromatic rings. The molecule has 1 heterocycles. The number of nitrogens with zero attached hydrogens (tertiary/aromatic N) is 2. The van der Waals surface area contributed by atoms with Gasteiger partial charge in [0.25, 0.3) is 0 Å². The first-order valence-electron chi connectivity index (χ1n) is 7.52. The summed E-state index contributed by atoms with van der Waals surface area (Å²) in [5, 5.41) is 0. The predicted octanol–water partition coefficient (Wildman–Crippen LogP) is 1.71. The fourth-order valence-corrected chi connectivity index (χ4v) is 2.62. The Bertz CT molecular complexity index is 409. The van der Waals surface area contributed by atoms with Gasteiger partial charge in [-0.15, -0.1) is 0 Å². The van der Waals surface area contributed by atoms with E-state index in [4.69, 9.17) is 5.73 Å². The highest BCUT2D eigenvalue weighted by Gasteiger charge is 2.22. The van der Waals surface area contributed by atoms with Gasteiger partial charge in [0.15, 0.2) is 0 Å². The summed E-state index contributed by atoms with van der Waals surface area (Å²) in [5.74, 6) is 0.588. The largest absolute Gasteiger partial charge is 0.368 e. The Hall–Kier alpha value is -1.55. The lowest BCUT2D eigenvalue weighted by molar-refractivity contribution is -0.132. The van der Waals surface area contributed by atoms with Crippen LogP contribution in [0.2, 0.25) is 0 Å². The minimum absolute atomic E-state index is 0.259. The number of piperazine rings is 1. The first kappa shape index (κ1) is 14.9. The molecule has 0 spiro atoms. The first-order valence-corrected chi connectivity index (χ1v) is 7.52. The van der Waals surface area contributed by atoms with E-state index in [9.17, 15) is 4.79 Å². The summed E-state index contributed by atoms with van der Waals surface area (Å²) >= 11 is 0. The van der Waals surface area contributed by atoms with Crippen molar-refractivity contribution >= 4 is 11.6 Å². The van der Waals surface area contributed by atoms with Crippen LogP contribution in [0.4, 0.5) is 5.69 Å². The van der Waals surface area contributed by atoms with E-state index in [1.165, 1.54) is 5.69 Å². The topological polar surface area (TPSA) is 49.6 Å². The number of hydrogen-bond donors (Lipinski definition) is 1. The van der Waals surface area contributed by atoms with E-state index in [0.29, 0.717) is 18.9 Å². The number of amides is 1. The average Bonchev–Trinajstić information content (AvgIpc) is 2.53. The Kier molecular flexibility index (Phi) is 5.41. The predicted molar refractivity (Wildman–Crippen MR) is 82.7 cm³/mol. The molecule has 0 radical (unpaired) electrons. The molecule has 4 nitrogen and oxygen atoms in total. The van der Waals surface area contributed by atoms with Gasteiger partial charge in [-0.1, -0.05) is 31.5 Å². The van der Waals surface area contributed by atoms with Crippen LogP contribution in [0, 0.1) is 5.92 Å². The van der Waals surface area contributed by atoms with E-state index in [2.05, 4.69) is 36.1 Å². The number of benzene rings is 1. The molecular weight excluding hydrogens is 250 g/mol. The minimum atomic E-state index is 0.259. The van der Waals surface area contributed by atoms with E-state index in [1.54, 1.807) is 0 Å². The Morgan fingerprint density at radius 3 is 2.40 bits per heavy atom. The molecule has 1 amide bonds. The molecule has 1 aliphatic rings. The number of carbonyl (C=O) groups excluding carboxylic acids is 1. The number of nitrogens with two attached hydrogens (primary N) is 1. The maximum atomic E-state index is 12.2. The Morgan fingerprint density at radius 1 is 1.20 bits per heavy atom. The lowest BCUT2D eigenvalue weighted by Gasteiger charge is -2.36. The van der Waals surface area contributed by atoms with Crippen LogP contribution in [0.15, 0.2) is 30.3 Å². The molecule has 1 fully saturated rings. The van der Waals surface area contributed by atoms with Crippen LogP contribution in [0.5, 0.6) is 0 Å². The zero-order valence-electron chi connectivity index (χ0n) is 12.3. The van der Waals surface area contributed by atoms with Crippen LogP contribution in [0.25, 0.3) is 0 Å². The summed E-state index contributed by atoms with van der Waals surface area (Å²) in [6.07, 6.45) is 1.57. The van der Waals surface area contributed by atoms with Crippen molar-refractivity contribution in [1.82, 2.24) is 4.90 Å². The molecule has 20 heavy (non-hydrogen) atoms.